The average molecular weight is 452 g/mol. The van der Waals surface area contributed by atoms with E-state index in [1.165, 1.54) is 19.2 Å². The largest absolute Gasteiger partial charge is 0.393 e. The lowest BCUT2D eigenvalue weighted by Crippen LogP contribution is -2.27. The van der Waals surface area contributed by atoms with Gasteiger partial charge in [0.05, 0.1) is 29.9 Å². The van der Waals surface area contributed by atoms with Gasteiger partial charge in [0.1, 0.15) is 5.82 Å². The summed E-state index contributed by atoms with van der Waals surface area (Å²) in [5.41, 5.74) is 2.18. The van der Waals surface area contributed by atoms with Crippen molar-refractivity contribution in [2.45, 2.75) is 51.7 Å². The summed E-state index contributed by atoms with van der Waals surface area (Å²) in [5, 5.41) is 20.0. The van der Waals surface area contributed by atoms with Crippen molar-refractivity contribution in [3.8, 4) is 11.3 Å². The third kappa shape index (κ3) is 6.56. The SMILES string of the molecule is CCC(O)CC(O)C=Cc1c(-c2ccc(F)cc2)nc(N(C)S(C)(=O)=O)nc1C(C)C. The highest BCUT2D eigenvalue weighted by atomic mass is 32.2. The maximum atomic E-state index is 13.5. The Morgan fingerprint density at radius 2 is 1.77 bits per heavy atom. The van der Waals surface area contributed by atoms with Crippen LogP contribution in [-0.2, 0) is 10.0 Å². The summed E-state index contributed by atoms with van der Waals surface area (Å²) in [4.78, 5) is 8.94. The quantitative estimate of drug-likeness (QED) is 0.606. The van der Waals surface area contributed by atoms with Crippen molar-refractivity contribution in [3.63, 3.8) is 0 Å². The second-order valence-corrected chi connectivity index (χ2v) is 9.80. The average Bonchev–Trinajstić information content (AvgIpc) is 2.70. The zero-order chi connectivity index (χ0) is 23.3. The minimum Gasteiger partial charge on any atom is -0.393 e. The fraction of sp³-hybridized carbons (Fsp3) is 0.455. The minimum atomic E-state index is -3.60. The molecule has 1 heterocycles. The van der Waals surface area contributed by atoms with Crippen molar-refractivity contribution in [1.82, 2.24) is 9.97 Å². The number of sulfonamides is 1. The van der Waals surface area contributed by atoms with Crippen LogP contribution in [0.1, 0.15) is 50.8 Å². The highest BCUT2D eigenvalue weighted by molar-refractivity contribution is 7.92. The molecule has 0 aliphatic rings. The Labute approximate surface area is 183 Å². The zero-order valence-electron chi connectivity index (χ0n) is 18.4. The molecule has 0 aliphatic carbocycles. The fourth-order valence-corrected chi connectivity index (χ4v) is 3.31. The maximum Gasteiger partial charge on any atom is 0.239 e. The van der Waals surface area contributed by atoms with Crippen LogP contribution < -0.4 is 4.31 Å². The van der Waals surface area contributed by atoms with Crippen LogP contribution in [0.3, 0.4) is 0 Å². The highest BCUT2D eigenvalue weighted by Gasteiger charge is 2.22. The number of nitrogens with zero attached hydrogens (tertiary/aromatic N) is 3. The van der Waals surface area contributed by atoms with Gasteiger partial charge in [0.2, 0.25) is 16.0 Å². The van der Waals surface area contributed by atoms with Crippen molar-refractivity contribution < 1.29 is 23.0 Å². The number of aliphatic hydroxyl groups is 2. The van der Waals surface area contributed by atoms with E-state index in [0.717, 1.165) is 10.6 Å². The van der Waals surface area contributed by atoms with Gasteiger partial charge in [-0.15, -0.1) is 0 Å². The van der Waals surface area contributed by atoms with E-state index in [4.69, 9.17) is 0 Å². The molecule has 9 heteroatoms. The number of rotatable bonds is 9. The van der Waals surface area contributed by atoms with Gasteiger partial charge in [-0.1, -0.05) is 32.9 Å². The Balaban J connectivity index is 2.69. The molecule has 2 unspecified atom stereocenters. The van der Waals surface area contributed by atoms with Gasteiger partial charge in [-0.2, -0.15) is 0 Å². The number of benzene rings is 1. The molecule has 0 spiro atoms. The summed E-state index contributed by atoms with van der Waals surface area (Å²) < 4.78 is 38.6. The molecule has 7 nitrogen and oxygen atoms in total. The van der Waals surface area contributed by atoms with Gasteiger partial charge in [0.25, 0.3) is 0 Å². The minimum absolute atomic E-state index is 0.00429. The van der Waals surface area contributed by atoms with Crippen LogP contribution >= 0.6 is 0 Å². The number of hydrogen-bond donors (Lipinski definition) is 2. The van der Waals surface area contributed by atoms with Crippen LogP contribution in [-0.4, -0.2) is 54.1 Å². The van der Waals surface area contributed by atoms with Crippen LogP contribution in [0.15, 0.2) is 30.3 Å². The Morgan fingerprint density at radius 3 is 2.29 bits per heavy atom. The molecule has 0 aliphatic heterocycles. The molecular weight excluding hydrogens is 421 g/mol. The first-order chi connectivity index (χ1) is 14.4. The molecule has 0 bridgehead atoms. The molecule has 1 aromatic carbocycles. The molecule has 0 fully saturated rings. The van der Waals surface area contributed by atoms with Gasteiger partial charge >= 0.3 is 0 Å². The summed E-state index contributed by atoms with van der Waals surface area (Å²) in [6, 6.07) is 5.71. The van der Waals surface area contributed by atoms with Crippen molar-refractivity contribution in [3.05, 3.63) is 47.4 Å². The number of aromatic nitrogens is 2. The van der Waals surface area contributed by atoms with Crippen LogP contribution in [0, 0.1) is 5.82 Å². The lowest BCUT2D eigenvalue weighted by atomic mass is 9.97. The molecule has 2 rings (SSSR count). The van der Waals surface area contributed by atoms with E-state index in [-0.39, 0.29) is 18.3 Å². The summed E-state index contributed by atoms with van der Waals surface area (Å²) in [6.07, 6.45) is 3.50. The van der Waals surface area contributed by atoms with E-state index >= 15 is 0 Å². The Hall–Kier alpha value is -2.36. The van der Waals surface area contributed by atoms with Gasteiger partial charge < -0.3 is 10.2 Å². The first kappa shape index (κ1) is 24.9. The summed E-state index contributed by atoms with van der Waals surface area (Å²) in [6.45, 7) is 5.65. The van der Waals surface area contributed by atoms with Crippen LogP contribution in [0.4, 0.5) is 10.3 Å². The maximum absolute atomic E-state index is 13.5. The third-order valence-corrected chi connectivity index (χ3v) is 6.04. The van der Waals surface area contributed by atoms with E-state index in [1.807, 2.05) is 20.8 Å². The molecular formula is C22H30FN3O4S. The van der Waals surface area contributed by atoms with Gasteiger partial charge in [-0.05, 0) is 36.6 Å². The van der Waals surface area contributed by atoms with E-state index in [9.17, 15) is 23.0 Å². The van der Waals surface area contributed by atoms with Gasteiger partial charge in [0.15, 0.2) is 0 Å². The predicted octanol–water partition coefficient (Wildman–Crippen LogP) is 3.34. The fourth-order valence-electron chi connectivity index (χ4n) is 2.93. The van der Waals surface area contributed by atoms with Crippen molar-refractivity contribution in [2.75, 3.05) is 17.6 Å². The summed E-state index contributed by atoms with van der Waals surface area (Å²) in [7, 11) is -2.23. The van der Waals surface area contributed by atoms with Gasteiger partial charge in [-0.3, -0.25) is 0 Å². The second kappa shape index (κ2) is 10.3. The summed E-state index contributed by atoms with van der Waals surface area (Å²) in [5.74, 6) is -0.493. The molecule has 0 radical (unpaired) electrons. The number of aliphatic hydroxyl groups excluding tert-OH is 2. The monoisotopic (exact) mass is 451 g/mol. The lowest BCUT2D eigenvalue weighted by Gasteiger charge is -2.20. The van der Waals surface area contributed by atoms with E-state index < -0.39 is 28.0 Å². The van der Waals surface area contributed by atoms with Crippen molar-refractivity contribution >= 4 is 22.0 Å². The van der Waals surface area contributed by atoms with Crippen LogP contribution in [0.5, 0.6) is 0 Å². The molecule has 170 valence electrons. The Morgan fingerprint density at radius 1 is 1.16 bits per heavy atom. The Kier molecular flexibility index (Phi) is 8.27. The normalized spacial score (nSPS) is 14.2. The summed E-state index contributed by atoms with van der Waals surface area (Å²) >= 11 is 0. The molecule has 0 saturated heterocycles. The Bertz CT molecular complexity index is 1020. The predicted molar refractivity (Wildman–Crippen MR) is 121 cm³/mol. The standard InChI is InChI=1S/C22H30FN3O4S/c1-6-17(27)13-18(28)11-12-19-20(14(2)3)24-22(26(4)31(5,29)30)25-21(19)15-7-9-16(23)10-8-15/h7-12,14,17-18,27-28H,6,13H2,1-5H3. The third-order valence-electron chi connectivity index (χ3n) is 4.88. The van der Waals surface area contributed by atoms with Gasteiger partial charge in [0, 0.05) is 24.6 Å². The van der Waals surface area contributed by atoms with E-state index in [1.54, 1.807) is 24.3 Å². The molecule has 1 aromatic heterocycles. The zero-order valence-corrected chi connectivity index (χ0v) is 19.3. The number of hydrogen-bond acceptors (Lipinski definition) is 6. The molecule has 2 aromatic rings. The van der Waals surface area contributed by atoms with Crippen molar-refractivity contribution in [2.24, 2.45) is 0 Å². The first-order valence-corrected chi connectivity index (χ1v) is 11.9. The van der Waals surface area contributed by atoms with E-state index in [0.29, 0.717) is 28.9 Å². The van der Waals surface area contributed by atoms with E-state index in [2.05, 4.69) is 9.97 Å². The molecule has 0 saturated carbocycles. The number of anilines is 1. The van der Waals surface area contributed by atoms with Crippen molar-refractivity contribution in [1.29, 1.82) is 0 Å². The molecule has 0 amide bonds. The topological polar surface area (TPSA) is 104 Å². The van der Waals surface area contributed by atoms with Crippen LogP contribution in [0.2, 0.25) is 0 Å². The molecule has 2 N–H and O–H groups in total. The highest BCUT2D eigenvalue weighted by Crippen LogP contribution is 2.31. The smallest absolute Gasteiger partial charge is 0.239 e. The number of halogens is 1. The second-order valence-electron chi connectivity index (χ2n) is 7.79. The first-order valence-electron chi connectivity index (χ1n) is 10.1. The molecule has 31 heavy (non-hydrogen) atoms. The van der Waals surface area contributed by atoms with Crippen LogP contribution in [0.25, 0.3) is 17.3 Å². The lowest BCUT2D eigenvalue weighted by molar-refractivity contribution is 0.102. The van der Waals surface area contributed by atoms with Gasteiger partial charge in [-0.25, -0.2) is 27.1 Å². The molecule has 2 atom stereocenters.